The second-order valence-corrected chi connectivity index (χ2v) is 2.61. The van der Waals surface area contributed by atoms with Gasteiger partial charge in [-0.25, -0.2) is 0 Å². The molecule has 0 spiro atoms. The summed E-state index contributed by atoms with van der Waals surface area (Å²) >= 11 is 0. The SMILES string of the molecule is O=[N+]([O-])C1(O)C=CCC(/C=N/O)=C1. The minimum Gasteiger partial charge on any atom is -0.411 e. The number of allylic oxidation sites excluding steroid dienone is 2. The minimum atomic E-state index is -2.17. The van der Waals surface area contributed by atoms with Crippen LogP contribution in [0.5, 0.6) is 0 Å². The Bertz CT molecular complexity index is 308. The number of nitrogens with zero attached hydrogens (tertiary/aromatic N) is 2. The van der Waals surface area contributed by atoms with Gasteiger partial charge in [-0.1, -0.05) is 11.2 Å². The molecule has 1 rings (SSSR count). The lowest BCUT2D eigenvalue weighted by molar-refractivity contribution is -0.591. The fraction of sp³-hybridized carbons (Fsp3) is 0.286. The van der Waals surface area contributed by atoms with Crippen LogP contribution in [0.4, 0.5) is 0 Å². The summed E-state index contributed by atoms with van der Waals surface area (Å²) in [6.45, 7) is 0. The third-order valence-corrected chi connectivity index (χ3v) is 1.63. The zero-order valence-electron chi connectivity index (χ0n) is 6.62. The topological polar surface area (TPSA) is 96.0 Å². The average Bonchev–Trinajstić information content (AvgIpc) is 2.04. The molecule has 1 atom stereocenters. The van der Waals surface area contributed by atoms with Gasteiger partial charge in [0, 0.05) is 12.2 Å². The van der Waals surface area contributed by atoms with E-state index in [1.54, 1.807) is 0 Å². The first kappa shape index (κ1) is 9.40. The van der Waals surface area contributed by atoms with Crippen LogP contribution in [0, 0.1) is 10.1 Å². The summed E-state index contributed by atoms with van der Waals surface area (Å²) in [5.74, 6) is 0. The second-order valence-electron chi connectivity index (χ2n) is 2.61. The molecule has 6 heteroatoms. The molecule has 70 valence electrons. The summed E-state index contributed by atoms with van der Waals surface area (Å²) in [6.07, 6.45) is 5.02. The van der Waals surface area contributed by atoms with Crippen LogP contribution in [-0.4, -0.2) is 27.2 Å². The molecule has 0 fully saturated rings. The zero-order valence-corrected chi connectivity index (χ0v) is 6.62. The molecular formula is C7H8N2O4. The van der Waals surface area contributed by atoms with Crippen molar-refractivity contribution in [3.8, 4) is 0 Å². The van der Waals surface area contributed by atoms with Crippen LogP contribution in [0.1, 0.15) is 6.42 Å². The van der Waals surface area contributed by atoms with Crippen molar-refractivity contribution < 1.29 is 15.2 Å². The molecule has 2 N–H and O–H groups in total. The van der Waals surface area contributed by atoms with Crippen molar-refractivity contribution >= 4 is 6.21 Å². The zero-order chi connectivity index (χ0) is 9.90. The fourth-order valence-corrected chi connectivity index (χ4v) is 1.03. The maximum atomic E-state index is 10.4. The molecular weight excluding hydrogens is 176 g/mol. The number of hydrogen-bond acceptors (Lipinski definition) is 5. The Morgan fingerprint density at radius 3 is 3.00 bits per heavy atom. The van der Waals surface area contributed by atoms with E-state index in [1.807, 2.05) is 0 Å². The van der Waals surface area contributed by atoms with E-state index in [-0.39, 0.29) is 0 Å². The second kappa shape index (κ2) is 3.36. The minimum absolute atomic E-state index is 0.393. The lowest BCUT2D eigenvalue weighted by atomic mass is 10.0. The lowest BCUT2D eigenvalue weighted by Crippen LogP contribution is -2.35. The first-order chi connectivity index (χ1) is 6.08. The van der Waals surface area contributed by atoms with Crippen molar-refractivity contribution in [2.24, 2.45) is 5.16 Å². The molecule has 0 saturated carbocycles. The number of hydrogen-bond donors (Lipinski definition) is 2. The van der Waals surface area contributed by atoms with Gasteiger partial charge in [0.15, 0.2) is 0 Å². The van der Waals surface area contributed by atoms with Crippen molar-refractivity contribution in [1.29, 1.82) is 0 Å². The standard InChI is InChI=1S/C7H8N2O4/c10-7(9(12)13)3-1-2-6(4-7)5-8-11/h1,3-5,10-11H,2H2/b8-5+. The maximum absolute atomic E-state index is 10.4. The summed E-state index contributed by atoms with van der Waals surface area (Å²) in [4.78, 5) is 9.55. The van der Waals surface area contributed by atoms with Crippen LogP contribution in [0.15, 0.2) is 29.0 Å². The third kappa shape index (κ3) is 1.91. The molecule has 0 radical (unpaired) electrons. The van der Waals surface area contributed by atoms with Crippen molar-refractivity contribution in [2.75, 3.05) is 0 Å². The smallest absolute Gasteiger partial charge is 0.362 e. The first-order valence-electron chi connectivity index (χ1n) is 3.52. The Labute approximate surface area is 73.6 Å². The van der Waals surface area contributed by atoms with Crippen LogP contribution in [0.2, 0.25) is 0 Å². The van der Waals surface area contributed by atoms with Gasteiger partial charge in [-0.15, -0.1) is 0 Å². The summed E-state index contributed by atoms with van der Waals surface area (Å²) in [5.41, 5.74) is -1.78. The van der Waals surface area contributed by atoms with Crippen molar-refractivity contribution in [2.45, 2.75) is 12.1 Å². The molecule has 0 aliphatic heterocycles. The maximum Gasteiger partial charge on any atom is 0.362 e. The van der Waals surface area contributed by atoms with E-state index in [9.17, 15) is 15.2 Å². The first-order valence-corrected chi connectivity index (χ1v) is 3.52. The third-order valence-electron chi connectivity index (χ3n) is 1.63. The van der Waals surface area contributed by atoms with Gasteiger partial charge in [0.25, 0.3) is 0 Å². The molecule has 1 aliphatic rings. The summed E-state index contributed by atoms with van der Waals surface area (Å²) in [6, 6.07) is 0. The van der Waals surface area contributed by atoms with Gasteiger partial charge in [0.2, 0.25) is 0 Å². The van der Waals surface area contributed by atoms with Gasteiger partial charge in [-0.05, 0) is 12.0 Å². The van der Waals surface area contributed by atoms with Crippen LogP contribution < -0.4 is 0 Å². The largest absolute Gasteiger partial charge is 0.411 e. The highest BCUT2D eigenvalue weighted by molar-refractivity contribution is 5.79. The Morgan fingerprint density at radius 2 is 2.46 bits per heavy atom. The molecule has 0 heterocycles. The molecule has 13 heavy (non-hydrogen) atoms. The lowest BCUT2D eigenvalue weighted by Gasteiger charge is -2.15. The predicted octanol–water partition coefficient (Wildman–Crippen LogP) is 0.298. The van der Waals surface area contributed by atoms with E-state index < -0.39 is 10.6 Å². The van der Waals surface area contributed by atoms with E-state index in [0.29, 0.717) is 12.0 Å². The van der Waals surface area contributed by atoms with Gasteiger partial charge < -0.3 is 10.3 Å². The summed E-state index contributed by atoms with van der Waals surface area (Å²) in [5, 5.41) is 30.6. The number of oxime groups is 1. The predicted molar refractivity (Wildman–Crippen MR) is 44.1 cm³/mol. The molecule has 0 aromatic heterocycles. The summed E-state index contributed by atoms with van der Waals surface area (Å²) < 4.78 is 0. The number of nitro groups is 1. The van der Waals surface area contributed by atoms with Crippen molar-refractivity contribution in [1.82, 2.24) is 0 Å². The van der Waals surface area contributed by atoms with Gasteiger partial charge in [-0.3, -0.25) is 10.1 Å². The van der Waals surface area contributed by atoms with Crippen LogP contribution in [-0.2, 0) is 0 Å². The van der Waals surface area contributed by atoms with Gasteiger partial charge in [0.1, 0.15) is 0 Å². The quantitative estimate of drug-likeness (QED) is 0.161. The Hall–Kier alpha value is -1.69. The van der Waals surface area contributed by atoms with E-state index in [1.165, 1.54) is 6.08 Å². The van der Waals surface area contributed by atoms with Crippen LogP contribution >= 0.6 is 0 Å². The van der Waals surface area contributed by atoms with Crippen molar-refractivity contribution in [3.63, 3.8) is 0 Å². The monoisotopic (exact) mass is 184 g/mol. The highest BCUT2D eigenvalue weighted by Gasteiger charge is 2.36. The molecule has 0 aromatic carbocycles. The van der Waals surface area contributed by atoms with Gasteiger partial charge in [0.05, 0.1) is 11.1 Å². The average molecular weight is 184 g/mol. The van der Waals surface area contributed by atoms with E-state index in [4.69, 9.17) is 5.21 Å². The number of rotatable bonds is 2. The highest BCUT2D eigenvalue weighted by Crippen LogP contribution is 2.19. The van der Waals surface area contributed by atoms with Crippen molar-refractivity contribution in [3.05, 3.63) is 33.9 Å². The number of aliphatic hydroxyl groups is 1. The molecule has 0 bridgehead atoms. The van der Waals surface area contributed by atoms with E-state index >= 15 is 0 Å². The van der Waals surface area contributed by atoms with E-state index in [2.05, 4.69) is 5.16 Å². The van der Waals surface area contributed by atoms with Crippen LogP contribution in [0.3, 0.4) is 0 Å². The van der Waals surface area contributed by atoms with E-state index in [0.717, 1.165) is 18.4 Å². The summed E-state index contributed by atoms with van der Waals surface area (Å²) in [7, 11) is 0. The Balaban J connectivity index is 2.95. The molecule has 0 amide bonds. The normalized spacial score (nSPS) is 27.6. The Morgan fingerprint density at radius 1 is 1.77 bits per heavy atom. The van der Waals surface area contributed by atoms with Crippen LogP contribution in [0.25, 0.3) is 0 Å². The Kier molecular flexibility index (Phi) is 2.43. The molecule has 6 nitrogen and oxygen atoms in total. The molecule has 0 aromatic rings. The molecule has 1 unspecified atom stereocenters. The van der Waals surface area contributed by atoms with Gasteiger partial charge >= 0.3 is 5.72 Å². The molecule has 1 aliphatic carbocycles. The fourth-order valence-electron chi connectivity index (χ4n) is 1.03. The van der Waals surface area contributed by atoms with Gasteiger partial charge in [-0.2, -0.15) is 0 Å². The highest BCUT2D eigenvalue weighted by atomic mass is 16.7. The molecule has 0 saturated heterocycles.